The number of anilines is 1. The second-order valence-corrected chi connectivity index (χ2v) is 8.86. The minimum atomic E-state index is -0.792. The van der Waals surface area contributed by atoms with Crippen LogP contribution in [-0.2, 0) is 11.2 Å². The summed E-state index contributed by atoms with van der Waals surface area (Å²) >= 11 is 0. The molecule has 2 aliphatic heterocycles. The zero-order valence-electron chi connectivity index (χ0n) is 17.9. The van der Waals surface area contributed by atoms with Crippen LogP contribution < -0.4 is 15.0 Å². The van der Waals surface area contributed by atoms with Crippen LogP contribution in [0.25, 0.3) is 0 Å². The molecule has 2 amide bonds. The van der Waals surface area contributed by atoms with Gasteiger partial charge < -0.3 is 15.0 Å². The number of nitrogens with zero attached hydrogens (tertiary/aromatic N) is 4. The molecule has 0 spiro atoms. The van der Waals surface area contributed by atoms with Crippen molar-refractivity contribution >= 4 is 17.5 Å². The molecule has 8 heteroatoms. The van der Waals surface area contributed by atoms with Crippen molar-refractivity contribution in [2.75, 3.05) is 18.6 Å². The summed E-state index contributed by atoms with van der Waals surface area (Å²) in [4.78, 5) is 32.0. The van der Waals surface area contributed by atoms with E-state index in [2.05, 4.69) is 15.4 Å². The Hall–Kier alpha value is -2.90. The van der Waals surface area contributed by atoms with E-state index in [1.54, 1.807) is 7.05 Å². The zero-order valence-corrected chi connectivity index (χ0v) is 17.9. The van der Waals surface area contributed by atoms with Crippen LogP contribution in [0.5, 0.6) is 5.75 Å². The van der Waals surface area contributed by atoms with Gasteiger partial charge in [0.15, 0.2) is 0 Å². The number of carbonyl (C=O) groups is 2. The monoisotopic (exact) mass is 423 g/mol. The standard InChI is InChI=1S/C23H29N5O3/c1-27-18-10-5-6-12-19(18)31-14-16(23(27)30)24-22(29)21-25-20-13-7-11-17(28(20)26-21)15-8-3-2-4-9-15/h5-6,10,12,15-17H,2-4,7-9,11,13-14H2,1H3,(H,24,29)/t16-,17?/m0/s1. The number of fused-ring (bicyclic) bond motifs is 2. The third kappa shape index (κ3) is 3.79. The molecule has 0 saturated heterocycles. The molecule has 164 valence electrons. The van der Waals surface area contributed by atoms with Crippen molar-refractivity contribution in [3.63, 3.8) is 0 Å². The van der Waals surface area contributed by atoms with Crippen LogP contribution in [0.4, 0.5) is 5.69 Å². The molecule has 1 N–H and O–H groups in total. The lowest BCUT2D eigenvalue weighted by Crippen LogP contribution is -2.49. The summed E-state index contributed by atoms with van der Waals surface area (Å²) in [5.74, 6) is 1.64. The molecule has 0 radical (unpaired) electrons. The molecule has 3 heterocycles. The van der Waals surface area contributed by atoms with Gasteiger partial charge in [-0.3, -0.25) is 9.59 Å². The van der Waals surface area contributed by atoms with Crippen molar-refractivity contribution < 1.29 is 14.3 Å². The summed E-state index contributed by atoms with van der Waals surface area (Å²) in [5.41, 5.74) is 0.690. The number of likely N-dealkylation sites (N-methyl/N-ethyl adjacent to an activating group) is 1. The molecular formula is C23H29N5O3. The first-order valence-corrected chi connectivity index (χ1v) is 11.4. The van der Waals surface area contributed by atoms with Gasteiger partial charge in [-0.2, -0.15) is 0 Å². The van der Waals surface area contributed by atoms with Crippen LogP contribution in [0.3, 0.4) is 0 Å². The first kappa shape index (κ1) is 20.0. The van der Waals surface area contributed by atoms with Crippen LogP contribution >= 0.6 is 0 Å². The highest BCUT2D eigenvalue weighted by Crippen LogP contribution is 2.38. The minimum absolute atomic E-state index is 0.0736. The zero-order chi connectivity index (χ0) is 21.4. The fourth-order valence-corrected chi connectivity index (χ4v) is 5.21. The number of amides is 2. The Morgan fingerprint density at radius 3 is 2.77 bits per heavy atom. The Labute approximate surface area is 182 Å². The highest BCUT2D eigenvalue weighted by atomic mass is 16.5. The van der Waals surface area contributed by atoms with Crippen molar-refractivity contribution in [1.29, 1.82) is 0 Å². The van der Waals surface area contributed by atoms with E-state index in [9.17, 15) is 9.59 Å². The summed E-state index contributed by atoms with van der Waals surface area (Å²) in [6.07, 6.45) is 9.35. The van der Waals surface area contributed by atoms with Gasteiger partial charge in [-0.15, -0.1) is 5.10 Å². The number of rotatable bonds is 3. The number of benzene rings is 1. The lowest BCUT2D eigenvalue weighted by molar-refractivity contribution is -0.120. The molecule has 1 aromatic carbocycles. The maximum absolute atomic E-state index is 13.0. The van der Waals surface area contributed by atoms with E-state index < -0.39 is 11.9 Å². The van der Waals surface area contributed by atoms with Gasteiger partial charge in [-0.25, -0.2) is 9.67 Å². The van der Waals surface area contributed by atoms with Gasteiger partial charge in [-0.1, -0.05) is 31.4 Å². The summed E-state index contributed by atoms with van der Waals surface area (Å²) in [6.45, 7) is 0.0736. The van der Waals surface area contributed by atoms with Gasteiger partial charge in [-0.05, 0) is 43.7 Å². The fraction of sp³-hybridized carbons (Fsp3) is 0.565. The molecule has 1 fully saturated rings. The van der Waals surface area contributed by atoms with E-state index in [4.69, 9.17) is 4.74 Å². The Balaban J connectivity index is 1.32. The van der Waals surface area contributed by atoms with Crippen molar-refractivity contribution in [1.82, 2.24) is 20.1 Å². The number of ether oxygens (including phenoxy) is 1. The second kappa shape index (κ2) is 8.32. The molecule has 31 heavy (non-hydrogen) atoms. The van der Waals surface area contributed by atoms with E-state index in [1.807, 2.05) is 28.9 Å². The lowest BCUT2D eigenvalue weighted by atomic mass is 9.81. The molecule has 1 aliphatic carbocycles. The molecule has 3 aliphatic rings. The van der Waals surface area contributed by atoms with Crippen LogP contribution in [0.1, 0.15) is 67.4 Å². The Kier molecular flexibility index (Phi) is 5.38. The average Bonchev–Trinajstić information content (AvgIpc) is 3.22. The normalized spacial score (nSPS) is 24.0. The molecular weight excluding hydrogens is 394 g/mol. The van der Waals surface area contributed by atoms with Crippen molar-refractivity contribution in [3.05, 3.63) is 35.9 Å². The van der Waals surface area contributed by atoms with E-state index in [1.165, 1.54) is 37.0 Å². The van der Waals surface area contributed by atoms with Gasteiger partial charge in [0, 0.05) is 13.5 Å². The number of hydrogen-bond donors (Lipinski definition) is 1. The van der Waals surface area contributed by atoms with Gasteiger partial charge in [0.2, 0.25) is 5.82 Å². The first-order chi connectivity index (χ1) is 15.1. The molecule has 1 aromatic heterocycles. The topological polar surface area (TPSA) is 89.4 Å². The van der Waals surface area contributed by atoms with Crippen LogP contribution in [0.15, 0.2) is 24.3 Å². The van der Waals surface area contributed by atoms with E-state index in [0.29, 0.717) is 23.4 Å². The van der Waals surface area contributed by atoms with Gasteiger partial charge in [0.05, 0.1) is 11.7 Å². The average molecular weight is 424 g/mol. The predicted molar refractivity (Wildman–Crippen MR) is 115 cm³/mol. The lowest BCUT2D eigenvalue weighted by Gasteiger charge is -2.33. The highest BCUT2D eigenvalue weighted by molar-refractivity contribution is 6.02. The van der Waals surface area contributed by atoms with Gasteiger partial charge >= 0.3 is 0 Å². The maximum atomic E-state index is 13.0. The third-order valence-electron chi connectivity index (χ3n) is 6.88. The molecule has 0 bridgehead atoms. The Bertz CT molecular complexity index is 981. The van der Waals surface area contributed by atoms with E-state index in [-0.39, 0.29) is 18.3 Å². The summed E-state index contributed by atoms with van der Waals surface area (Å²) in [6, 6.07) is 6.90. The van der Waals surface area contributed by atoms with E-state index in [0.717, 1.165) is 25.1 Å². The number of hydrogen-bond acceptors (Lipinski definition) is 5. The van der Waals surface area contributed by atoms with Crippen LogP contribution in [0, 0.1) is 5.92 Å². The van der Waals surface area contributed by atoms with Crippen molar-refractivity contribution in [2.24, 2.45) is 5.92 Å². The highest BCUT2D eigenvalue weighted by Gasteiger charge is 2.34. The number of aromatic nitrogens is 3. The maximum Gasteiger partial charge on any atom is 0.291 e. The molecule has 5 rings (SSSR count). The largest absolute Gasteiger partial charge is 0.489 e. The third-order valence-corrected chi connectivity index (χ3v) is 6.88. The number of nitrogens with one attached hydrogen (secondary N) is 1. The minimum Gasteiger partial charge on any atom is -0.489 e. The summed E-state index contributed by atoms with van der Waals surface area (Å²) in [5, 5.41) is 7.41. The molecule has 2 atom stereocenters. The Morgan fingerprint density at radius 2 is 1.94 bits per heavy atom. The Morgan fingerprint density at radius 1 is 1.13 bits per heavy atom. The quantitative estimate of drug-likeness (QED) is 0.820. The van der Waals surface area contributed by atoms with E-state index >= 15 is 0 Å². The van der Waals surface area contributed by atoms with Crippen LogP contribution in [0.2, 0.25) is 0 Å². The first-order valence-electron chi connectivity index (χ1n) is 11.4. The molecule has 2 aromatic rings. The summed E-state index contributed by atoms with van der Waals surface area (Å²) < 4.78 is 7.79. The predicted octanol–water partition coefficient (Wildman–Crippen LogP) is 2.89. The molecule has 1 saturated carbocycles. The number of carbonyl (C=O) groups excluding carboxylic acids is 2. The summed E-state index contributed by atoms with van der Waals surface area (Å²) in [7, 11) is 1.69. The molecule has 1 unspecified atom stereocenters. The second-order valence-electron chi connectivity index (χ2n) is 8.86. The molecule has 8 nitrogen and oxygen atoms in total. The fourth-order valence-electron chi connectivity index (χ4n) is 5.21. The van der Waals surface area contributed by atoms with Gasteiger partial charge in [0.25, 0.3) is 11.8 Å². The van der Waals surface area contributed by atoms with Crippen molar-refractivity contribution in [2.45, 2.75) is 63.5 Å². The smallest absolute Gasteiger partial charge is 0.291 e. The number of aryl methyl sites for hydroxylation is 1. The SMILES string of the molecule is CN1C(=O)[C@@H](NC(=O)c2nc3n(n2)C(C2CCCCC2)CCC3)COc2ccccc21. The van der Waals surface area contributed by atoms with Crippen LogP contribution in [-0.4, -0.2) is 46.3 Å². The number of para-hydroxylation sites is 2. The van der Waals surface area contributed by atoms with Crippen molar-refractivity contribution in [3.8, 4) is 5.75 Å². The van der Waals surface area contributed by atoms with Gasteiger partial charge in [0.1, 0.15) is 24.2 Å².